The summed E-state index contributed by atoms with van der Waals surface area (Å²) >= 11 is 12.3. The fraction of sp³-hybridized carbons (Fsp3) is 0.294. The summed E-state index contributed by atoms with van der Waals surface area (Å²) in [5.41, 5.74) is 1.04. The highest BCUT2D eigenvalue weighted by atomic mass is 35.5. The van der Waals surface area contributed by atoms with Gasteiger partial charge in [0.2, 0.25) is 0 Å². The molecule has 1 heterocycles. The number of anilines is 1. The van der Waals surface area contributed by atoms with Gasteiger partial charge in [0.1, 0.15) is 0 Å². The molecule has 110 valence electrons. The summed E-state index contributed by atoms with van der Waals surface area (Å²) in [6.07, 6.45) is 1.28. The smallest absolute Gasteiger partial charge is 0.0945 e. The fourth-order valence-electron chi connectivity index (χ4n) is 2.90. The van der Waals surface area contributed by atoms with Crippen molar-refractivity contribution in [2.24, 2.45) is 0 Å². The molecular weight excluding hydrogens is 305 g/mol. The van der Waals surface area contributed by atoms with E-state index in [-0.39, 0.29) is 0 Å². The minimum Gasteiger partial charge on any atom is -0.385 e. The third kappa shape index (κ3) is 3.03. The Balaban J connectivity index is 1.79. The van der Waals surface area contributed by atoms with E-state index in [1.807, 2.05) is 18.2 Å². The average molecular weight is 322 g/mol. The molecule has 4 heteroatoms. The van der Waals surface area contributed by atoms with Crippen LogP contribution in [-0.4, -0.2) is 18.2 Å². The highest BCUT2D eigenvalue weighted by Crippen LogP contribution is 2.38. The molecule has 0 unspecified atom stereocenters. The second-order valence-electron chi connectivity index (χ2n) is 5.48. The highest BCUT2D eigenvalue weighted by molar-refractivity contribution is 6.33. The number of hydrogen-bond acceptors (Lipinski definition) is 2. The summed E-state index contributed by atoms with van der Waals surface area (Å²) < 4.78 is 0. The van der Waals surface area contributed by atoms with Crippen molar-refractivity contribution in [3.63, 3.8) is 0 Å². The van der Waals surface area contributed by atoms with Crippen LogP contribution in [0.5, 0.6) is 0 Å². The van der Waals surface area contributed by atoms with Crippen LogP contribution in [0.4, 0.5) is 5.69 Å². The van der Waals surface area contributed by atoms with Gasteiger partial charge in [0, 0.05) is 34.4 Å². The van der Waals surface area contributed by atoms with Gasteiger partial charge in [-0.3, -0.25) is 0 Å². The van der Waals surface area contributed by atoms with E-state index in [2.05, 4.69) is 17.0 Å². The van der Waals surface area contributed by atoms with Crippen molar-refractivity contribution in [3.8, 4) is 0 Å². The Morgan fingerprint density at radius 1 is 0.952 bits per heavy atom. The van der Waals surface area contributed by atoms with Gasteiger partial charge < -0.3 is 10.0 Å². The lowest BCUT2D eigenvalue weighted by atomic mass is 9.84. The number of hydrogen-bond donors (Lipinski definition) is 1. The molecule has 0 spiro atoms. The molecule has 1 aliphatic heterocycles. The number of benzene rings is 2. The first kappa shape index (κ1) is 14.7. The van der Waals surface area contributed by atoms with E-state index < -0.39 is 5.60 Å². The van der Waals surface area contributed by atoms with Gasteiger partial charge in [0.15, 0.2) is 0 Å². The van der Waals surface area contributed by atoms with E-state index in [9.17, 15) is 5.11 Å². The van der Waals surface area contributed by atoms with Gasteiger partial charge >= 0.3 is 0 Å². The van der Waals surface area contributed by atoms with Crippen LogP contribution in [-0.2, 0) is 5.60 Å². The van der Waals surface area contributed by atoms with Crippen molar-refractivity contribution >= 4 is 28.9 Å². The molecule has 2 nitrogen and oxygen atoms in total. The summed E-state index contributed by atoms with van der Waals surface area (Å²) in [5.74, 6) is 0. The predicted octanol–water partition coefficient (Wildman–Crippen LogP) is 4.48. The van der Waals surface area contributed by atoms with Gasteiger partial charge in [0.25, 0.3) is 0 Å². The molecule has 1 saturated heterocycles. The third-order valence-electron chi connectivity index (χ3n) is 4.14. The summed E-state index contributed by atoms with van der Waals surface area (Å²) in [7, 11) is 0. The second-order valence-corrected chi connectivity index (χ2v) is 6.32. The molecule has 0 bridgehead atoms. The molecule has 0 amide bonds. The zero-order valence-corrected chi connectivity index (χ0v) is 13.1. The van der Waals surface area contributed by atoms with Gasteiger partial charge in [0.05, 0.1) is 5.60 Å². The normalized spacial score (nSPS) is 17.8. The molecule has 0 aliphatic carbocycles. The molecule has 2 aromatic rings. The molecule has 0 radical (unpaired) electrons. The quantitative estimate of drug-likeness (QED) is 0.881. The van der Waals surface area contributed by atoms with Crippen molar-refractivity contribution in [2.75, 3.05) is 18.0 Å². The molecule has 1 aliphatic rings. The fourth-order valence-corrected chi connectivity index (χ4v) is 3.36. The van der Waals surface area contributed by atoms with Crippen molar-refractivity contribution in [2.45, 2.75) is 18.4 Å². The van der Waals surface area contributed by atoms with Crippen molar-refractivity contribution in [3.05, 3.63) is 64.1 Å². The molecule has 0 aromatic heterocycles. The summed E-state index contributed by atoms with van der Waals surface area (Å²) in [4.78, 5) is 2.28. The summed E-state index contributed by atoms with van der Waals surface area (Å²) in [6, 6.07) is 15.5. The first-order valence-electron chi connectivity index (χ1n) is 7.06. The third-order valence-corrected chi connectivity index (χ3v) is 4.71. The molecule has 0 atom stereocenters. The van der Waals surface area contributed by atoms with Crippen molar-refractivity contribution < 1.29 is 5.11 Å². The lowest BCUT2D eigenvalue weighted by Gasteiger charge is -2.40. The maximum Gasteiger partial charge on any atom is 0.0945 e. The number of nitrogens with zero attached hydrogens (tertiary/aromatic N) is 1. The number of aliphatic hydroxyl groups is 1. The van der Waals surface area contributed by atoms with E-state index >= 15 is 0 Å². The van der Waals surface area contributed by atoms with Crippen molar-refractivity contribution in [1.29, 1.82) is 0 Å². The molecule has 1 fully saturated rings. The Morgan fingerprint density at radius 3 is 2.29 bits per heavy atom. The predicted molar refractivity (Wildman–Crippen MR) is 88.2 cm³/mol. The maximum absolute atomic E-state index is 10.9. The molecule has 3 rings (SSSR count). The molecular formula is C17H17Cl2NO. The summed E-state index contributed by atoms with van der Waals surface area (Å²) in [6.45, 7) is 1.59. The highest BCUT2D eigenvalue weighted by Gasteiger charge is 2.35. The number of halogens is 2. The largest absolute Gasteiger partial charge is 0.385 e. The van der Waals surface area contributed by atoms with Crippen LogP contribution in [0, 0.1) is 0 Å². The van der Waals surface area contributed by atoms with Gasteiger partial charge in [-0.1, -0.05) is 41.4 Å². The Kier molecular flexibility index (Phi) is 4.12. The molecule has 0 saturated carbocycles. The Labute approximate surface area is 134 Å². The number of rotatable bonds is 2. The number of para-hydroxylation sites is 1. The average Bonchev–Trinajstić information content (AvgIpc) is 2.51. The van der Waals surface area contributed by atoms with Crippen LogP contribution in [0.1, 0.15) is 18.4 Å². The van der Waals surface area contributed by atoms with Crippen molar-refractivity contribution in [1.82, 2.24) is 0 Å². The van der Waals surface area contributed by atoms with E-state index in [0.29, 0.717) is 22.9 Å². The number of piperidine rings is 1. The lowest BCUT2D eigenvalue weighted by Crippen LogP contribution is -2.42. The Morgan fingerprint density at radius 2 is 1.62 bits per heavy atom. The topological polar surface area (TPSA) is 23.5 Å². The summed E-state index contributed by atoms with van der Waals surface area (Å²) in [5, 5.41) is 12.1. The Hall–Kier alpha value is -1.22. The minimum absolute atomic E-state index is 0.579. The minimum atomic E-state index is -0.896. The van der Waals surface area contributed by atoms with Crippen LogP contribution in [0.25, 0.3) is 0 Å². The van der Waals surface area contributed by atoms with Gasteiger partial charge in [-0.15, -0.1) is 0 Å². The standard InChI is InChI=1S/C17H17Cl2NO/c18-13-6-7-16(19)15(12-13)17(21)8-10-20(11-9-17)14-4-2-1-3-5-14/h1-7,12,21H,8-11H2. The first-order chi connectivity index (χ1) is 10.1. The van der Waals surface area contributed by atoms with E-state index in [1.165, 1.54) is 5.69 Å². The van der Waals surface area contributed by atoms with Crippen LogP contribution in [0.15, 0.2) is 48.5 Å². The molecule has 21 heavy (non-hydrogen) atoms. The van der Waals surface area contributed by atoms with Gasteiger partial charge in [-0.05, 0) is 43.2 Å². The zero-order chi connectivity index (χ0) is 14.9. The lowest BCUT2D eigenvalue weighted by molar-refractivity contribution is 0.0119. The maximum atomic E-state index is 10.9. The SMILES string of the molecule is OC1(c2cc(Cl)ccc2Cl)CCN(c2ccccc2)CC1. The molecule has 2 aromatic carbocycles. The van der Waals surface area contributed by atoms with Crippen LogP contribution in [0.2, 0.25) is 10.0 Å². The second kappa shape index (κ2) is 5.88. The Bertz CT molecular complexity index is 622. The first-order valence-corrected chi connectivity index (χ1v) is 7.82. The van der Waals surface area contributed by atoms with E-state index in [0.717, 1.165) is 18.7 Å². The van der Waals surface area contributed by atoms with Crippen LogP contribution < -0.4 is 4.90 Å². The monoisotopic (exact) mass is 321 g/mol. The van der Waals surface area contributed by atoms with Gasteiger partial charge in [-0.2, -0.15) is 0 Å². The van der Waals surface area contributed by atoms with Gasteiger partial charge in [-0.25, -0.2) is 0 Å². The van der Waals surface area contributed by atoms with Crippen LogP contribution >= 0.6 is 23.2 Å². The van der Waals surface area contributed by atoms with Crippen LogP contribution in [0.3, 0.4) is 0 Å². The van der Waals surface area contributed by atoms with E-state index in [1.54, 1.807) is 18.2 Å². The molecule has 1 N–H and O–H groups in total. The van der Waals surface area contributed by atoms with E-state index in [4.69, 9.17) is 23.2 Å². The zero-order valence-electron chi connectivity index (χ0n) is 11.6.